The first-order chi connectivity index (χ1) is 15.1. The maximum absolute atomic E-state index is 13.6. The number of nitrogens with one attached hydrogen (secondary N) is 2. The van der Waals surface area contributed by atoms with E-state index in [0.717, 1.165) is 61.7 Å². The smallest absolute Gasteiger partial charge is 0.155 e. The Hall–Kier alpha value is -3.03. The number of hydrogen-bond donors (Lipinski definition) is 2. The van der Waals surface area contributed by atoms with Crippen molar-refractivity contribution in [1.29, 1.82) is 0 Å². The fourth-order valence-electron chi connectivity index (χ4n) is 4.65. The molecule has 3 heterocycles. The highest BCUT2D eigenvalue weighted by Gasteiger charge is 2.37. The lowest BCUT2D eigenvalue weighted by molar-refractivity contribution is -0.121. The van der Waals surface area contributed by atoms with Crippen LogP contribution >= 0.6 is 0 Å². The second-order valence-electron chi connectivity index (χ2n) is 8.68. The summed E-state index contributed by atoms with van der Waals surface area (Å²) in [5, 5.41) is 4.09. The normalized spacial score (nSPS) is 20.1. The highest BCUT2D eigenvalue weighted by Crippen LogP contribution is 2.36. The van der Waals surface area contributed by atoms with Gasteiger partial charge in [-0.05, 0) is 55.7 Å². The van der Waals surface area contributed by atoms with Gasteiger partial charge < -0.3 is 15.2 Å². The molecule has 0 bridgehead atoms. The lowest BCUT2D eigenvalue weighted by Crippen LogP contribution is -2.39. The zero-order valence-electron chi connectivity index (χ0n) is 17.2. The van der Waals surface area contributed by atoms with Crippen LogP contribution < -0.4 is 10.2 Å². The zero-order valence-corrected chi connectivity index (χ0v) is 17.2. The first-order valence-corrected chi connectivity index (χ1v) is 10.8. The molecule has 0 amide bonds. The molecule has 1 saturated carbocycles. The zero-order chi connectivity index (χ0) is 21.4. The van der Waals surface area contributed by atoms with Crippen molar-refractivity contribution in [2.24, 2.45) is 11.8 Å². The molecule has 6 nitrogen and oxygen atoms in total. The number of anilines is 2. The summed E-state index contributed by atoms with van der Waals surface area (Å²) in [6, 6.07) is 4.90. The summed E-state index contributed by atoms with van der Waals surface area (Å²) in [5.74, 6) is 0.183. The number of rotatable bonds is 7. The van der Waals surface area contributed by atoms with Crippen LogP contribution in [0.5, 0.6) is 0 Å². The van der Waals surface area contributed by atoms with E-state index in [1.165, 1.54) is 12.1 Å². The topological polar surface area (TPSA) is 73.9 Å². The maximum atomic E-state index is 13.6. The van der Waals surface area contributed by atoms with E-state index in [1.807, 2.05) is 12.3 Å². The Morgan fingerprint density at radius 3 is 2.77 bits per heavy atom. The van der Waals surface area contributed by atoms with Gasteiger partial charge in [-0.25, -0.2) is 18.7 Å². The number of carbonyl (C=O) groups excluding carboxylic acids is 1. The van der Waals surface area contributed by atoms with Crippen LogP contribution in [0, 0.1) is 23.5 Å². The van der Waals surface area contributed by atoms with E-state index in [0.29, 0.717) is 12.1 Å². The highest BCUT2D eigenvalue weighted by molar-refractivity contribution is 5.88. The number of piperidine rings is 1. The molecule has 8 heteroatoms. The van der Waals surface area contributed by atoms with Gasteiger partial charge >= 0.3 is 0 Å². The monoisotopic (exact) mass is 425 g/mol. The van der Waals surface area contributed by atoms with Gasteiger partial charge in [0.2, 0.25) is 0 Å². The number of halogens is 2. The summed E-state index contributed by atoms with van der Waals surface area (Å²) < 4.78 is 27.2. The predicted octanol–water partition coefficient (Wildman–Crippen LogP) is 4.30. The van der Waals surface area contributed by atoms with E-state index in [2.05, 4.69) is 25.2 Å². The molecule has 0 spiro atoms. The van der Waals surface area contributed by atoms with Crippen molar-refractivity contribution < 1.29 is 13.6 Å². The molecule has 1 aliphatic carbocycles. The van der Waals surface area contributed by atoms with Gasteiger partial charge in [0.1, 0.15) is 29.4 Å². The van der Waals surface area contributed by atoms with Crippen LogP contribution in [0.3, 0.4) is 0 Å². The molecule has 1 aliphatic heterocycles. The number of aromatic amines is 1. The van der Waals surface area contributed by atoms with Crippen molar-refractivity contribution in [3.05, 3.63) is 48.4 Å². The lowest BCUT2D eigenvalue weighted by atomic mass is 9.89. The second kappa shape index (κ2) is 8.24. The van der Waals surface area contributed by atoms with Crippen molar-refractivity contribution in [2.45, 2.75) is 38.1 Å². The Morgan fingerprint density at radius 2 is 2.00 bits per heavy atom. The van der Waals surface area contributed by atoms with Gasteiger partial charge in [-0.3, -0.25) is 4.79 Å². The molecule has 31 heavy (non-hydrogen) atoms. The van der Waals surface area contributed by atoms with Crippen LogP contribution in [-0.4, -0.2) is 39.9 Å². The van der Waals surface area contributed by atoms with Gasteiger partial charge in [0.05, 0.1) is 11.4 Å². The minimum Gasteiger partial charge on any atom is -0.375 e. The van der Waals surface area contributed by atoms with Gasteiger partial charge in [0.15, 0.2) is 5.78 Å². The molecule has 5 rings (SSSR count). The molecule has 2 N–H and O–H groups in total. The number of carbonyl (C=O) groups is 1. The molecule has 2 atom stereocenters. The van der Waals surface area contributed by atoms with E-state index in [4.69, 9.17) is 0 Å². The van der Waals surface area contributed by atoms with Gasteiger partial charge in [-0.15, -0.1) is 0 Å². The van der Waals surface area contributed by atoms with Crippen LogP contribution in [0.4, 0.5) is 20.3 Å². The molecule has 0 unspecified atom stereocenters. The number of hydrogen-bond acceptors (Lipinski definition) is 5. The molecule has 0 radical (unpaired) electrons. The molecule has 1 saturated heterocycles. The van der Waals surface area contributed by atoms with Gasteiger partial charge in [0.25, 0.3) is 0 Å². The summed E-state index contributed by atoms with van der Waals surface area (Å²) in [6.07, 6.45) is 7.77. The average molecular weight is 425 g/mol. The standard InChI is InChI=1S/C23H25F2N5O/c24-16-9-17(25)11-18(10-16)29-21(15-3-4-15)20(31)8-14-2-1-7-30(12-14)23-19-5-6-26-22(19)27-13-28-23/h5-6,9-11,13-15,21,29H,1-4,7-8,12H2,(H,26,27,28)/t14-,21+/m0/s1. The third-order valence-electron chi connectivity index (χ3n) is 6.27. The number of aromatic nitrogens is 3. The Balaban J connectivity index is 1.28. The number of Topliss-reactive ketones (excluding diaryl/α,β-unsaturated/α-hetero) is 1. The fourth-order valence-corrected chi connectivity index (χ4v) is 4.65. The predicted molar refractivity (Wildman–Crippen MR) is 115 cm³/mol. The Kier molecular flexibility index (Phi) is 5.29. The maximum Gasteiger partial charge on any atom is 0.155 e. The summed E-state index contributed by atoms with van der Waals surface area (Å²) in [5.41, 5.74) is 1.13. The van der Waals surface area contributed by atoms with E-state index in [1.54, 1.807) is 6.33 Å². The van der Waals surface area contributed by atoms with E-state index >= 15 is 0 Å². The first-order valence-electron chi connectivity index (χ1n) is 10.8. The molecular formula is C23H25F2N5O. The molecular weight excluding hydrogens is 400 g/mol. The molecule has 2 aromatic heterocycles. The summed E-state index contributed by atoms with van der Waals surface area (Å²) in [7, 11) is 0. The van der Waals surface area contributed by atoms with E-state index < -0.39 is 17.7 Å². The number of fused-ring (bicyclic) bond motifs is 1. The third-order valence-corrected chi connectivity index (χ3v) is 6.27. The Morgan fingerprint density at radius 1 is 1.19 bits per heavy atom. The number of nitrogens with zero attached hydrogens (tertiary/aromatic N) is 3. The number of H-pyrrole nitrogens is 1. The molecule has 162 valence electrons. The van der Waals surface area contributed by atoms with Crippen LogP contribution in [0.15, 0.2) is 36.8 Å². The molecule has 1 aromatic carbocycles. The Bertz CT molecular complexity index is 1080. The summed E-state index contributed by atoms with van der Waals surface area (Å²) >= 11 is 0. The van der Waals surface area contributed by atoms with Crippen molar-refractivity contribution in [2.75, 3.05) is 23.3 Å². The van der Waals surface area contributed by atoms with Gasteiger partial charge in [-0.1, -0.05) is 0 Å². The van der Waals surface area contributed by atoms with Crippen molar-refractivity contribution in [3.63, 3.8) is 0 Å². The fraction of sp³-hybridized carbons (Fsp3) is 0.435. The van der Waals surface area contributed by atoms with Crippen LogP contribution in [0.25, 0.3) is 11.0 Å². The lowest BCUT2D eigenvalue weighted by Gasteiger charge is -2.34. The molecule has 2 aliphatic rings. The summed E-state index contributed by atoms with van der Waals surface area (Å²) in [4.78, 5) is 27.3. The van der Waals surface area contributed by atoms with Crippen molar-refractivity contribution >= 4 is 28.3 Å². The quantitative estimate of drug-likeness (QED) is 0.590. The van der Waals surface area contributed by atoms with E-state index in [-0.39, 0.29) is 17.6 Å². The molecule has 3 aromatic rings. The van der Waals surface area contributed by atoms with Crippen LogP contribution in [0.1, 0.15) is 32.1 Å². The largest absolute Gasteiger partial charge is 0.375 e. The van der Waals surface area contributed by atoms with Crippen LogP contribution in [-0.2, 0) is 4.79 Å². The summed E-state index contributed by atoms with van der Waals surface area (Å²) in [6.45, 7) is 1.66. The average Bonchev–Trinajstić information content (AvgIpc) is 3.46. The first kappa shape index (κ1) is 19.9. The SMILES string of the molecule is O=C(C[C@@H]1CCCN(c2ncnc3[nH]ccc23)C1)[C@H](Nc1cc(F)cc(F)c1)C1CC1. The Labute approximate surface area is 179 Å². The molecule has 2 fully saturated rings. The number of ketones is 1. The third kappa shape index (κ3) is 4.38. The van der Waals surface area contributed by atoms with Gasteiger partial charge in [0, 0.05) is 37.5 Å². The van der Waals surface area contributed by atoms with Crippen molar-refractivity contribution in [1.82, 2.24) is 15.0 Å². The van der Waals surface area contributed by atoms with Crippen molar-refractivity contribution in [3.8, 4) is 0 Å². The van der Waals surface area contributed by atoms with Gasteiger partial charge in [-0.2, -0.15) is 0 Å². The van der Waals surface area contributed by atoms with Crippen LogP contribution in [0.2, 0.25) is 0 Å². The number of benzene rings is 1. The minimum atomic E-state index is -0.645. The highest BCUT2D eigenvalue weighted by atomic mass is 19.1. The second-order valence-corrected chi connectivity index (χ2v) is 8.68. The minimum absolute atomic E-state index is 0.119. The van der Waals surface area contributed by atoms with E-state index in [9.17, 15) is 13.6 Å².